The molecule has 0 saturated heterocycles. The van der Waals surface area contributed by atoms with E-state index in [1.807, 2.05) is 6.07 Å². The van der Waals surface area contributed by atoms with E-state index in [0.717, 1.165) is 24.8 Å². The van der Waals surface area contributed by atoms with Crippen LogP contribution in [0.2, 0.25) is 0 Å². The van der Waals surface area contributed by atoms with Crippen LogP contribution in [0.3, 0.4) is 0 Å². The molecule has 0 aromatic heterocycles. The maximum absolute atomic E-state index is 5.21. The fraction of sp³-hybridized carbons (Fsp3) is 0.538. The molecule has 1 aliphatic rings. The Morgan fingerprint density at radius 1 is 1.40 bits per heavy atom. The van der Waals surface area contributed by atoms with E-state index in [2.05, 4.69) is 30.1 Å². The number of hydrogen-bond acceptors (Lipinski definition) is 2. The van der Waals surface area contributed by atoms with E-state index in [1.54, 1.807) is 7.11 Å². The summed E-state index contributed by atoms with van der Waals surface area (Å²) in [6.45, 7) is 1.15. The number of methoxy groups -OCH3 is 1. The average molecular weight is 205 g/mol. The third-order valence-electron chi connectivity index (χ3n) is 3.06. The van der Waals surface area contributed by atoms with Gasteiger partial charge in [-0.15, -0.1) is 0 Å². The average Bonchev–Trinajstić information content (AvgIpc) is 3.10. The van der Waals surface area contributed by atoms with Crippen LogP contribution in [0.15, 0.2) is 24.3 Å². The van der Waals surface area contributed by atoms with Crippen molar-refractivity contribution in [1.82, 2.24) is 4.90 Å². The maximum Gasteiger partial charge on any atom is 0.119 e. The molecule has 1 aliphatic carbocycles. The van der Waals surface area contributed by atoms with Crippen LogP contribution < -0.4 is 4.74 Å². The molecular formula is C13H19NO. The van der Waals surface area contributed by atoms with E-state index < -0.39 is 0 Å². The minimum atomic E-state index is 0.857. The molecule has 0 radical (unpaired) electrons. The molecule has 0 unspecified atom stereocenters. The minimum absolute atomic E-state index is 0.857. The number of nitrogens with zero attached hydrogens (tertiary/aromatic N) is 1. The summed E-state index contributed by atoms with van der Waals surface area (Å²) < 4.78 is 5.21. The molecule has 2 nitrogen and oxygen atoms in total. The molecule has 0 amide bonds. The molecule has 0 bridgehead atoms. The molecule has 0 aliphatic heterocycles. The lowest BCUT2D eigenvalue weighted by atomic mass is 10.1. The lowest BCUT2D eigenvalue weighted by Gasteiger charge is -2.15. The third-order valence-corrected chi connectivity index (χ3v) is 3.06. The van der Waals surface area contributed by atoms with Gasteiger partial charge in [-0.3, -0.25) is 0 Å². The summed E-state index contributed by atoms with van der Waals surface area (Å²) in [7, 11) is 3.94. The van der Waals surface area contributed by atoms with Crippen LogP contribution in [-0.2, 0) is 6.42 Å². The standard InChI is InChI=1S/C13H19NO/c1-14(12-6-7-12)9-8-11-4-3-5-13(10-11)15-2/h3-5,10,12H,6-9H2,1-2H3. The zero-order valence-electron chi connectivity index (χ0n) is 9.57. The third kappa shape index (κ3) is 2.96. The molecule has 1 aromatic rings. The van der Waals surface area contributed by atoms with E-state index >= 15 is 0 Å². The summed E-state index contributed by atoms with van der Waals surface area (Å²) in [5.41, 5.74) is 1.36. The molecule has 2 heteroatoms. The van der Waals surface area contributed by atoms with E-state index in [1.165, 1.54) is 18.4 Å². The van der Waals surface area contributed by atoms with Crippen molar-refractivity contribution < 1.29 is 4.74 Å². The molecule has 0 N–H and O–H groups in total. The zero-order chi connectivity index (χ0) is 10.7. The first-order chi connectivity index (χ1) is 7.29. The van der Waals surface area contributed by atoms with Gasteiger partial charge >= 0.3 is 0 Å². The summed E-state index contributed by atoms with van der Waals surface area (Å²) in [6.07, 6.45) is 3.88. The van der Waals surface area contributed by atoms with E-state index in [-0.39, 0.29) is 0 Å². The van der Waals surface area contributed by atoms with Crippen LogP contribution in [0.5, 0.6) is 5.75 Å². The van der Waals surface area contributed by atoms with Crippen molar-refractivity contribution in [2.24, 2.45) is 0 Å². The fourth-order valence-electron chi connectivity index (χ4n) is 1.83. The summed E-state index contributed by atoms with van der Waals surface area (Å²) in [4.78, 5) is 2.46. The first kappa shape index (κ1) is 10.5. The highest BCUT2D eigenvalue weighted by atomic mass is 16.5. The highest BCUT2D eigenvalue weighted by Gasteiger charge is 2.25. The molecule has 1 aromatic carbocycles. The predicted molar refractivity (Wildman–Crippen MR) is 62.4 cm³/mol. The second-order valence-corrected chi connectivity index (χ2v) is 4.31. The first-order valence-corrected chi connectivity index (χ1v) is 5.63. The Bertz CT molecular complexity index is 320. The number of likely N-dealkylation sites (N-methyl/N-ethyl adjacent to an activating group) is 1. The predicted octanol–water partition coefficient (Wildman–Crippen LogP) is 2.33. The van der Waals surface area contributed by atoms with Crippen molar-refractivity contribution in [3.63, 3.8) is 0 Å². The van der Waals surface area contributed by atoms with Gasteiger partial charge in [0.25, 0.3) is 0 Å². The van der Waals surface area contributed by atoms with Gasteiger partial charge in [-0.1, -0.05) is 12.1 Å². The Labute approximate surface area is 91.9 Å². The minimum Gasteiger partial charge on any atom is -0.497 e. The van der Waals surface area contributed by atoms with E-state index in [0.29, 0.717) is 0 Å². The van der Waals surface area contributed by atoms with Gasteiger partial charge in [-0.2, -0.15) is 0 Å². The second kappa shape index (κ2) is 4.67. The van der Waals surface area contributed by atoms with Crippen LogP contribution in [0.25, 0.3) is 0 Å². The first-order valence-electron chi connectivity index (χ1n) is 5.63. The Kier molecular flexibility index (Phi) is 3.27. The number of benzene rings is 1. The van der Waals surface area contributed by atoms with E-state index in [4.69, 9.17) is 4.74 Å². The lowest BCUT2D eigenvalue weighted by Crippen LogP contribution is -2.23. The maximum atomic E-state index is 5.21. The zero-order valence-corrected chi connectivity index (χ0v) is 9.57. The molecule has 0 spiro atoms. The SMILES string of the molecule is COc1cccc(CCN(C)C2CC2)c1. The van der Waals surface area contributed by atoms with Crippen molar-refractivity contribution in [2.75, 3.05) is 20.7 Å². The highest BCUT2D eigenvalue weighted by Crippen LogP contribution is 2.25. The summed E-state index contributed by atoms with van der Waals surface area (Å²) in [6, 6.07) is 9.21. The topological polar surface area (TPSA) is 12.5 Å². The Morgan fingerprint density at radius 3 is 2.87 bits per heavy atom. The highest BCUT2D eigenvalue weighted by molar-refractivity contribution is 5.28. The molecule has 1 fully saturated rings. The Morgan fingerprint density at radius 2 is 2.20 bits per heavy atom. The van der Waals surface area contributed by atoms with Gasteiger partial charge in [0.05, 0.1) is 7.11 Å². The van der Waals surface area contributed by atoms with Gasteiger partial charge < -0.3 is 9.64 Å². The Hall–Kier alpha value is -1.02. The molecule has 82 valence electrons. The lowest BCUT2D eigenvalue weighted by molar-refractivity contribution is 0.328. The van der Waals surface area contributed by atoms with Gasteiger partial charge in [-0.25, -0.2) is 0 Å². The number of rotatable bonds is 5. The van der Waals surface area contributed by atoms with Crippen molar-refractivity contribution in [1.29, 1.82) is 0 Å². The van der Waals surface area contributed by atoms with Crippen LogP contribution in [0.4, 0.5) is 0 Å². The molecule has 2 rings (SSSR count). The summed E-state index contributed by atoms with van der Waals surface area (Å²) in [5.74, 6) is 0.960. The van der Waals surface area contributed by atoms with Crippen molar-refractivity contribution in [3.8, 4) is 5.75 Å². The monoisotopic (exact) mass is 205 g/mol. The van der Waals surface area contributed by atoms with Crippen molar-refractivity contribution in [2.45, 2.75) is 25.3 Å². The van der Waals surface area contributed by atoms with Gasteiger partial charge in [-0.05, 0) is 44.0 Å². The van der Waals surface area contributed by atoms with Crippen molar-refractivity contribution in [3.05, 3.63) is 29.8 Å². The summed E-state index contributed by atoms with van der Waals surface area (Å²) in [5, 5.41) is 0. The van der Waals surface area contributed by atoms with Gasteiger partial charge in [0.2, 0.25) is 0 Å². The molecule has 1 saturated carbocycles. The smallest absolute Gasteiger partial charge is 0.119 e. The molecular weight excluding hydrogens is 186 g/mol. The fourth-order valence-corrected chi connectivity index (χ4v) is 1.83. The van der Waals surface area contributed by atoms with Crippen LogP contribution in [-0.4, -0.2) is 31.6 Å². The van der Waals surface area contributed by atoms with E-state index in [9.17, 15) is 0 Å². The molecule has 0 heterocycles. The normalized spacial score (nSPS) is 15.7. The number of hydrogen-bond donors (Lipinski definition) is 0. The van der Waals surface area contributed by atoms with Crippen LogP contribution in [0, 0.1) is 0 Å². The Balaban J connectivity index is 1.86. The van der Waals surface area contributed by atoms with Crippen LogP contribution >= 0.6 is 0 Å². The summed E-state index contributed by atoms with van der Waals surface area (Å²) >= 11 is 0. The molecule has 15 heavy (non-hydrogen) atoms. The quantitative estimate of drug-likeness (QED) is 0.731. The molecule has 0 atom stereocenters. The van der Waals surface area contributed by atoms with Gasteiger partial charge in [0, 0.05) is 12.6 Å². The largest absolute Gasteiger partial charge is 0.497 e. The number of ether oxygens (including phenoxy) is 1. The second-order valence-electron chi connectivity index (χ2n) is 4.31. The van der Waals surface area contributed by atoms with Crippen molar-refractivity contribution >= 4 is 0 Å². The van der Waals surface area contributed by atoms with Gasteiger partial charge in [0.15, 0.2) is 0 Å². The van der Waals surface area contributed by atoms with Crippen LogP contribution in [0.1, 0.15) is 18.4 Å². The van der Waals surface area contributed by atoms with Gasteiger partial charge in [0.1, 0.15) is 5.75 Å².